The third-order valence-corrected chi connectivity index (χ3v) is 2.27. The topological polar surface area (TPSA) is 55.6 Å². The van der Waals surface area contributed by atoms with Gasteiger partial charge in [-0.3, -0.25) is 9.69 Å². The molecule has 76 valence electrons. The second-order valence-electron chi connectivity index (χ2n) is 3.46. The highest BCUT2D eigenvalue weighted by Gasteiger charge is 2.17. The molecule has 4 nitrogen and oxygen atoms in total. The number of hydrogen-bond donors (Lipinski definition) is 1. The molecular formula is C9H18N2O2. The fourth-order valence-electron chi connectivity index (χ4n) is 1.58. The van der Waals surface area contributed by atoms with Crippen molar-refractivity contribution in [2.45, 2.75) is 25.9 Å². The van der Waals surface area contributed by atoms with Crippen molar-refractivity contribution < 1.29 is 9.53 Å². The zero-order chi connectivity index (χ0) is 9.68. The van der Waals surface area contributed by atoms with Crippen LogP contribution >= 0.6 is 0 Å². The van der Waals surface area contributed by atoms with Crippen molar-refractivity contribution >= 4 is 5.91 Å². The summed E-state index contributed by atoms with van der Waals surface area (Å²) in [6.45, 7) is 5.00. The van der Waals surface area contributed by atoms with Gasteiger partial charge in [-0.15, -0.1) is 0 Å². The molecule has 1 rings (SSSR count). The minimum Gasteiger partial charge on any atom is -0.377 e. The lowest BCUT2D eigenvalue weighted by Gasteiger charge is -2.21. The molecule has 1 saturated heterocycles. The minimum absolute atomic E-state index is 0.253. The van der Waals surface area contributed by atoms with Gasteiger partial charge in [-0.25, -0.2) is 0 Å². The molecule has 1 aliphatic heterocycles. The smallest absolute Gasteiger partial charge is 0.231 e. The normalized spacial score (nSPS) is 25.5. The van der Waals surface area contributed by atoms with E-state index in [1.807, 2.05) is 0 Å². The van der Waals surface area contributed by atoms with Crippen LogP contribution in [0.1, 0.15) is 19.8 Å². The molecule has 0 saturated carbocycles. The van der Waals surface area contributed by atoms with E-state index in [4.69, 9.17) is 10.5 Å². The molecule has 13 heavy (non-hydrogen) atoms. The zero-order valence-electron chi connectivity index (χ0n) is 8.16. The summed E-state index contributed by atoms with van der Waals surface area (Å²) in [6, 6.07) is 0. The number of carbonyl (C=O) groups excluding carboxylic acids is 1. The molecule has 2 N–H and O–H groups in total. The van der Waals surface area contributed by atoms with Crippen LogP contribution < -0.4 is 5.73 Å². The number of ether oxygens (including phenoxy) is 1. The molecule has 1 heterocycles. The summed E-state index contributed by atoms with van der Waals surface area (Å²) in [5.74, 6) is -0.253. The van der Waals surface area contributed by atoms with Crippen LogP contribution in [0.2, 0.25) is 0 Å². The van der Waals surface area contributed by atoms with Gasteiger partial charge in [-0.2, -0.15) is 0 Å². The lowest BCUT2D eigenvalue weighted by atomic mass is 10.2. The first-order chi connectivity index (χ1) is 6.22. The maximum absolute atomic E-state index is 10.7. The number of rotatable bonds is 3. The van der Waals surface area contributed by atoms with E-state index in [0.29, 0.717) is 6.54 Å². The van der Waals surface area contributed by atoms with E-state index >= 15 is 0 Å². The summed E-state index contributed by atoms with van der Waals surface area (Å²) >= 11 is 0. The summed E-state index contributed by atoms with van der Waals surface area (Å²) in [7, 11) is 0. The standard InChI is InChI=1S/C9H18N2O2/c1-2-8-6-11(7-9(10)12)4-3-5-13-8/h8H,2-7H2,1H3,(H2,10,12). The van der Waals surface area contributed by atoms with E-state index in [-0.39, 0.29) is 12.0 Å². The van der Waals surface area contributed by atoms with Crippen LogP contribution in [0, 0.1) is 0 Å². The summed E-state index contributed by atoms with van der Waals surface area (Å²) in [4.78, 5) is 12.8. The van der Waals surface area contributed by atoms with Crippen LogP contribution in [-0.4, -0.2) is 43.2 Å². The van der Waals surface area contributed by atoms with E-state index in [1.165, 1.54) is 0 Å². The van der Waals surface area contributed by atoms with Crippen molar-refractivity contribution in [3.8, 4) is 0 Å². The third-order valence-electron chi connectivity index (χ3n) is 2.27. The molecule has 0 bridgehead atoms. The highest BCUT2D eigenvalue weighted by Crippen LogP contribution is 2.07. The van der Waals surface area contributed by atoms with Crippen molar-refractivity contribution in [3.05, 3.63) is 0 Å². The lowest BCUT2D eigenvalue weighted by Crippen LogP contribution is -2.38. The van der Waals surface area contributed by atoms with Crippen molar-refractivity contribution in [2.24, 2.45) is 5.73 Å². The Balaban J connectivity index is 2.39. The number of hydrogen-bond acceptors (Lipinski definition) is 3. The SMILES string of the molecule is CCC1CN(CC(N)=O)CCCO1. The Kier molecular flexibility index (Phi) is 4.18. The van der Waals surface area contributed by atoms with Gasteiger partial charge in [0.25, 0.3) is 0 Å². The lowest BCUT2D eigenvalue weighted by molar-refractivity contribution is -0.119. The number of amides is 1. The largest absolute Gasteiger partial charge is 0.377 e. The monoisotopic (exact) mass is 186 g/mol. The Morgan fingerprint density at radius 2 is 2.46 bits per heavy atom. The number of carbonyl (C=O) groups is 1. The van der Waals surface area contributed by atoms with Crippen molar-refractivity contribution in [1.82, 2.24) is 4.90 Å². The van der Waals surface area contributed by atoms with Crippen molar-refractivity contribution in [3.63, 3.8) is 0 Å². The Morgan fingerprint density at radius 3 is 3.08 bits per heavy atom. The average molecular weight is 186 g/mol. The van der Waals surface area contributed by atoms with Gasteiger partial charge in [-0.05, 0) is 12.8 Å². The van der Waals surface area contributed by atoms with E-state index in [2.05, 4.69) is 11.8 Å². The number of primary amides is 1. The van der Waals surface area contributed by atoms with Crippen molar-refractivity contribution in [1.29, 1.82) is 0 Å². The van der Waals surface area contributed by atoms with Gasteiger partial charge in [0.15, 0.2) is 0 Å². The average Bonchev–Trinajstić information content (AvgIpc) is 2.28. The Morgan fingerprint density at radius 1 is 1.69 bits per heavy atom. The van der Waals surface area contributed by atoms with Gasteiger partial charge >= 0.3 is 0 Å². The molecule has 1 aliphatic rings. The fraction of sp³-hybridized carbons (Fsp3) is 0.889. The molecule has 1 amide bonds. The molecule has 0 aromatic heterocycles. The van der Waals surface area contributed by atoms with Gasteiger partial charge in [-0.1, -0.05) is 6.92 Å². The molecule has 0 spiro atoms. The highest BCUT2D eigenvalue weighted by molar-refractivity contribution is 5.75. The zero-order valence-corrected chi connectivity index (χ0v) is 8.16. The fourth-order valence-corrected chi connectivity index (χ4v) is 1.58. The summed E-state index contributed by atoms with van der Waals surface area (Å²) < 4.78 is 5.57. The maximum atomic E-state index is 10.7. The molecule has 0 radical (unpaired) electrons. The first-order valence-corrected chi connectivity index (χ1v) is 4.84. The Labute approximate surface area is 79.0 Å². The van der Waals surface area contributed by atoms with E-state index in [1.54, 1.807) is 0 Å². The number of nitrogens with two attached hydrogens (primary N) is 1. The molecule has 1 fully saturated rings. The van der Waals surface area contributed by atoms with Gasteiger partial charge in [0.05, 0.1) is 12.6 Å². The maximum Gasteiger partial charge on any atom is 0.231 e. The molecule has 0 aromatic carbocycles. The van der Waals surface area contributed by atoms with Crippen LogP contribution in [0.25, 0.3) is 0 Å². The first-order valence-electron chi connectivity index (χ1n) is 4.84. The van der Waals surface area contributed by atoms with Crippen LogP contribution in [0.4, 0.5) is 0 Å². The summed E-state index contributed by atoms with van der Waals surface area (Å²) in [5, 5.41) is 0. The highest BCUT2D eigenvalue weighted by atomic mass is 16.5. The van der Waals surface area contributed by atoms with Gasteiger partial charge in [0, 0.05) is 19.7 Å². The number of nitrogens with zero attached hydrogens (tertiary/aromatic N) is 1. The molecular weight excluding hydrogens is 168 g/mol. The van der Waals surface area contributed by atoms with E-state index in [9.17, 15) is 4.79 Å². The summed E-state index contributed by atoms with van der Waals surface area (Å²) in [6.07, 6.45) is 2.25. The molecule has 0 aliphatic carbocycles. The Hall–Kier alpha value is -0.610. The minimum atomic E-state index is -0.253. The Bertz CT molecular complexity index is 173. The third kappa shape index (κ3) is 3.74. The molecule has 1 unspecified atom stereocenters. The van der Waals surface area contributed by atoms with Gasteiger partial charge in [0.2, 0.25) is 5.91 Å². The van der Waals surface area contributed by atoms with E-state index < -0.39 is 0 Å². The first kappa shape index (κ1) is 10.5. The van der Waals surface area contributed by atoms with Crippen LogP contribution in [-0.2, 0) is 9.53 Å². The predicted octanol–water partition coefficient (Wildman–Crippen LogP) is -0.0274. The second-order valence-corrected chi connectivity index (χ2v) is 3.46. The summed E-state index contributed by atoms with van der Waals surface area (Å²) in [5.41, 5.74) is 5.14. The van der Waals surface area contributed by atoms with Gasteiger partial charge < -0.3 is 10.5 Å². The van der Waals surface area contributed by atoms with Crippen LogP contribution in [0.5, 0.6) is 0 Å². The van der Waals surface area contributed by atoms with Crippen LogP contribution in [0.15, 0.2) is 0 Å². The second kappa shape index (κ2) is 5.19. The van der Waals surface area contributed by atoms with Crippen molar-refractivity contribution in [2.75, 3.05) is 26.2 Å². The van der Waals surface area contributed by atoms with Crippen LogP contribution in [0.3, 0.4) is 0 Å². The molecule has 4 heteroatoms. The van der Waals surface area contributed by atoms with E-state index in [0.717, 1.165) is 32.5 Å². The van der Waals surface area contributed by atoms with Gasteiger partial charge in [0.1, 0.15) is 0 Å². The predicted molar refractivity (Wildman–Crippen MR) is 50.3 cm³/mol. The molecule has 0 aromatic rings. The molecule has 1 atom stereocenters. The quantitative estimate of drug-likeness (QED) is 0.673.